The Bertz CT molecular complexity index is 684. The Labute approximate surface area is 119 Å². The number of nitro benzene ring substituents is 1. The van der Waals surface area contributed by atoms with Crippen LogP contribution >= 0.6 is 0 Å². The lowest BCUT2D eigenvalue weighted by Gasteiger charge is -2.36. The molecule has 1 aromatic heterocycles. The first-order chi connectivity index (χ1) is 9.99. The molecule has 8 nitrogen and oxygen atoms in total. The quantitative estimate of drug-likeness (QED) is 0.536. The number of aliphatic hydroxyl groups excluding tert-OH is 3. The first-order valence-electron chi connectivity index (χ1n) is 6.40. The van der Waals surface area contributed by atoms with Gasteiger partial charge in [0.15, 0.2) is 6.23 Å². The van der Waals surface area contributed by atoms with Crippen molar-refractivity contribution in [3.8, 4) is 0 Å². The van der Waals surface area contributed by atoms with E-state index in [0.29, 0.717) is 5.52 Å². The Kier molecular flexibility index (Phi) is 3.38. The highest BCUT2D eigenvalue weighted by atomic mass is 16.6. The normalized spacial score (nSPS) is 29.7. The molecule has 0 unspecified atom stereocenters. The Balaban J connectivity index is 2.04. The van der Waals surface area contributed by atoms with Crippen LogP contribution in [0, 0.1) is 10.1 Å². The van der Waals surface area contributed by atoms with Crippen LogP contribution in [0.4, 0.5) is 5.69 Å². The van der Waals surface area contributed by atoms with Crippen LogP contribution in [-0.2, 0) is 4.74 Å². The van der Waals surface area contributed by atoms with E-state index < -0.39 is 29.5 Å². The highest BCUT2D eigenvalue weighted by Crippen LogP contribution is 2.30. The number of aromatic nitrogens is 1. The van der Waals surface area contributed by atoms with Gasteiger partial charge < -0.3 is 24.6 Å². The molecule has 3 N–H and O–H groups in total. The zero-order chi connectivity index (χ0) is 15.1. The van der Waals surface area contributed by atoms with Gasteiger partial charge in [-0.2, -0.15) is 0 Å². The fourth-order valence-electron chi connectivity index (χ4n) is 2.51. The highest BCUT2D eigenvalue weighted by molar-refractivity contribution is 5.82. The van der Waals surface area contributed by atoms with Crippen molar-refractivity contribution in [2.24, 2.45) is 0 Å². The third-order valence-electron chi connectivity index (χ3n) is 3.67. The van der Waals surface area contributed by atoms with Gasteiger partial charge in [0, 0.05) is 23.7 Å². The molecule has 2 aromatic rings. The molecule has 21 heavy (non-hydrogen) atoms. The van der Waals surface area contributed by atoms with E-state index in [0.717, 1.165) is 5.39 Å². The average Bonchev–Trinajstić information content (AvgIpc) is 2.88. The molecule has 1 aliphatic rings. The molecule has 0 amide bonds. The lowest BCUT2D eigenvalue weighted by molar-refractivity contribution is -0.384. The summed E-state index contributed by atoms with van der Waals surface area (Å²) in [7, 11) is 0. The molecular weight excluding hydrogens is 280 g/mol. The van der Waals surface area contributed by atoms with E-state index in [4.69, 9.17) is 4.74 Å². The van der Waals surface area contributed by atoms with Crippen LogP contribution in [0.5, 0.6) is 0 Å². The van der Waals surface area contributed by atoms with Crippen LogP contribution in [0.25, 0.3) is 10.9 Å². The number of benzene rings is 1. The molecule has 112 valence electrons. The van der Waals surface area contributed by atoms with Gasteiger partial charge in [0.25, 0.3) is 5.69 Å². The number of hydrogen-bond donors (Lipinski definition) is 3. The summed E-state index contributed by atoms with van der Waals surface area (Å²) in [5, 5.41) is 40.8. The summed E-state index contributed by atoms with van der Waals surface area (Å²) in [4.78, 5) is 10.3. The van der Waals surface area contributed by atoms with Crippen molar-refractivity contribution < 1.29 is 25.0 Å². The smallest absolute Gasteiger partial charge is 0.271 e. The zero-order valence-electron chi connectivity index (χ0n) is 10.9. The summed E-state index contributed by atoms with van der Waals surface area (Å²) < 4.78 is 6.87. The SMILES string of the molecule is O=[N+]([O-])c1ccc2ccn([C@@H]3OC[C@H](O)[C@H](O)[C@H]3O)c2c1. The Morgan fingerprint density at radius 3 is 2.71 bits per heavy atom. The first kappa shape index (κ1) is 14.0. The van der Waals surface area contributed by atoms with Gasteiger partial charge in [-0.3, -0.25) is 10.1 Å². The highest BCUT2D eigenvalue weighted by Gasteiger charge is 2.38. The molecule has 3 rings (SSSR count). The van der Waals surface area contributed by atoms with Crippen LogP contribution in [0.1, 0.15) is 6.23 Å². The minimum atomic E-state index is -1.33. The molecule has 0 bridgehead atoms. The fraction of sp³-hybridized carbons (Fsp3) is 0.385. The minimum Gasteiger partial charge on any atom is -0.388 e. The minimum absolute atomic E-state index is 0.0756. The number of nitrogens with zero attached hydrogens (tertiary/aromatic N) is 2. The lowest BCUT2D eigenvalue weighted by atomic mass is 10.0. The molecule has 0 saturated carbocycles. The maximum absolute atomic E-state index is 10.9. The molecule has 0 spiro atoms. The summed E-state index contributed by atoms with van der Waals surface area (Å²) in [5.74, 6) is 0. The molecule has 0 radical (unpaired) electrons. The van der Waals surface area contributed by atoms with Crippen LogP contribution in [-0.4, -0.2) is 49.7 Å². The summed E-state index contributed by atoms with van der Waals surface area (Å²) in [6.07, 6.45) is -3.12. The maximum atomic E-state index is 10.9. The van der Waals surface area contributed by atoms with E-state index in [1.54, 1.807) is 18.3 Å². The number of fused-ring (bicyclic) bond motifs is 1. The molecule has 1 aromatic carbocycles. The third kappa shape index (κ3) is 2.28. The molecule has 4 atom stereocenters. The number of rotatable bonds is 2. The van der Waals surface area contributed by atoms with Crippen LogP contribution in [0.3, 0.4) is 0 Å². The van der Waals surface area contributed by atoms with Gasteiger partial charge in [-0.15, -0.1) is 0 Å². The van der Waals surface area contributed by atoms with Crippen molar-refractivity contribution in [1.29, 1.82) is 0 Å². The van der Waals surface area contributed by atoms with Crippen molar-refractivity contribution in [3.63, 3.8) is 0 Å². The second-order valence-electron chi connectivity index (χ2n) is 5.00. The molecule has 1 aliphatic heterocycles. The van der Waals surface area contributed by atoms with Gasteiger partial charge >= 0.3 is 0 Å². The van der Waals surface area contributed by atoms with Crippen molar-refractivity contribution >= 4 is 16.6 Å². The van der Waals surface area contributed by atoms with E-state index >= 15 is 0 Å². The summed E-state index contributed by atoms with van der Waals surface area (Å²) in [5.41, 5.74) is 0.435. The van der Waals surface area contributed by atoms with Crippen molar-refractivity contribution in [2.45, 2.75) is 24.5 Å². The molecule has 1 fully saturated rings. The Hall–Kier alpha value is -2.00. The average molecular weight is 294 g/mol. The van der Waals surface area contributed by atoms with Gasteiger partial charge in [-0.1, -0.05) is 0 Å². The maximum Gasteiger partial charge on any atom is 0.271 e. The molecule has 0 aliphatic carbocycles. The predicted octanol–water partition coefficient (Wildman–Crippen LogP) is 0.161. The molecule has 1 saturated heterocycles. The third-order valence-corrected chi connectivity index (χ3v) is 3.67. The van der Waals surface area contributed by atoms with E-state index in [9.17, 15) is 25.4 Å². The summed E-state index contributed by atoms with van der Waals surface area (Å²) in [6.45, 7) is -0.127. The summed E-state index contributed by atoms with van der Waals surface area (Å²) >= 11 is 0. The standard InChI is InChI=1S/C13H14N2O6/c16-10-6-21-13(12(18)11(10)17)14-4-3-7-1-2-8(15(19)20)5-9(7)14/h1-5,10-13,16-18H,6H2/t10-,11-,12+,13+/m0/s1. The Morgan fingerprint density at radius 2 is 2.00 bits per heavy atom. The second-order valence-corrected chi connectivity index (χ2v) is 5.00. The largest absolute Gasteiger partial charge is 0.388 e. The fourth-order valence-corrected chi connectivity index (χ4v) is 2.51. The van der Waals surface area contributed by atoms with Gasteiger partial charge in [0.1, 0.15) is 18.3 Å². The van der Waals surface area contributed by atoms with Crippen LogP contribution in [0.2, 0.25) is 0 Å². The number of nitro groups is 1. The monoisotopic (exact) mass is 294 g/mol. The van der Waals surface area contributed by atoms with Crippen molar-refractivity contribution in [3.05, 3.63) is 40.6 Å². The van der Waals surface area contributed by atoms with E-state index in [-0.39, 0.29) is 12.3 Å². The van der Waals surface area contributed by atoms with Gasteiger partial charge in [-0.25, -0.2) is 0 Å². The van der Waals surface area contributed by atoms with Gasteiger partial charge in [0.05, 0.1) is 17.0 Å². The van der Waals surface area contributed by atoms with Crippen LogP contribution in [0.15, 0.2) is 30.5 Å². The second kappa shape index (κ2) is 5.08. The van der Waals surface area contributed by atoms with Crippen LogP contribution < -0.4 is 0 Å². The lowest BCUT2D eigenvalue weighted by Crippen LogP contribution is -2.50. The number of hydrogen-bond acceptors (Lipinski definition) is 6. The zero-order valence-corrected chi connectivity index (χ0v) is 10.9. The number of aliphatic hydroxyl groups is 3. The van der Waals surface area contributed by atoms with E-state index in [2.05, 4.69) is 0 Å². The Morgan fingerprint density at radius 1 is 1.24 bits per heavy atom. The van der Waals surface area contributed by atoms with Gasteiger partial charge in [-0.05, 0) is 12.1 Å². The molecule has 8 heteroatoms. The van der Waals surface area contributed by atoms with Gasteiger partial charge in [0.2, 0.25) is 0 Å². The van der Waals surface area contributed by atoms with Crippen molar-refractivity contribution in [2.75, 3.05) is 6.61 Å². The summed E-state index contributed by atoms with van der Waals surface area (Å²) in [6, 6.07) is 6.10. The van der Waals surface area contributed by atoms with E-state index in [1.165, 1.54) is 16.7 Å². The van der Waals surface area contributed by atoms with E-state index in [1.807, 2.05) is 0 Å². The number of non-ortho nitro benzene ring substituents is 1. The topological polar surface area (TPSA) is 118 Å². The first-order valence-corrected chi connectivity index (χ1v) is 6.40. The van der Waals surface area contributed by atoms with Crippen molar-refractivity contribution in [1.82, 2.24) is 4.57 Å². The molecule has 2 heterocycles. The predicted molar refractivity (Wildman–Crippen MR) is 71.6 cm³/mol. The number of ether oxygens (including phenoxy) is 1. The molecular formula is C13H14N2O6.